The lowest BCUT2D eigenvalue weighted by atomic mass is 10.2. The molecule has 0 saturated carbocycles. The summed E-state index contributed by atoms with van der Waals surface area (Å²) in [7, 11) is 1.61. The molecule has 2 aromatic rings. The molecule has 3 N–H and O–H groups in total. The van der Waals surface area contributed by atoms with Crippen LogP contribution in [0.2, 0.25) is 0 Å². The van der Waals surface area contributed by atoms with E-state index in [1.54, 1.807) is 13.2 Å². The molecule has 118 valence electrons. The van der Waals surface area contributed by atoms with Crippen molar-refractivity contribution in [1.82, 2.24) is 15.1 Å². The Balaban J connectivity index is 1.96. The number of carbonyl (C=O) groups excluding carboxylic acids is 1. The third-order valence-corrected chi connectivity index (χ3v) is 3.58. The zero-order valence-corrected chi connectivity index (χ0v) is 12.7. The lowest BCUT2D eigenvalue weighted by molar-refractivity contribution is -0.122. The summed E-state index contributed by atoms with van der Waals surface area (Å²) >= 11 is 0. The van der Waals surface area contributed by atoms with Crippen molar-refractivity contribution in [2.24, 2.45) is 5.73 Å². The van der Waals surface area contributed by atoms with Gasteiger partial charge in [0, 0.05) is 18.5 Å². The van der Waals surface area contributed by atoms with E-state index in [1.165, 1.54) is 0 Å². The minimum absolute atomic E-state index is 0.0230. The third-order valence-electron chi connectivity index (χ3n) is 3.58. The van der Waals surface area contributed by atoms with Crippen molar-refractivity contribution in [2.75, 3.05) is 13.7 Å². The van der Waals surface area contributed by atoms with Gasteiger partial charge in [0.2, 0.25) is 5.91 Å². The Morgan fingerprint density at radius 1 is 1.59 bits per heavy atom. The molecule has 7 nitrogen and oxygen atoms in total. The first-order chi connectivity index (χ1) is 10.6. The fraction of sp³-hybridized carbons (Fsp3) is 0.467. The molecule has 7 heteroatoms. The Morgan fingerprint density at radius 3 is 3.14 bits per heavy atom. The Kier molecular flexibility index (Phi) is 3.89. The van der Waals surface area contributed by atoms with E-state index in [1.807, 2.05) is 23.7 Å². The van der Waals surface area contributed by atoms with Gasteiger partial charge in [0.1, 0.15) is 18.2 Å². The molecule has 0 unspecified atom stereocenters. The molecular formula is C15H20N4O3. The maximum Gasteiger partial charge on any atom is 0.223 e. The second kappa shape index (κ2) is 5.84. The van der Waals surface area contributed by atoms with Crippen molar-refractivity contribution in [3.05, 3.63) is 18.3 Å². The largest absolute Gasteiger partial charge is 0.486 e. The number of fused-ring (bicyclic) bond motifs is 3. The molecule has 22 heavy (non-hydrogen) atoms. The summed E-state index contributed by atoms with van der Waals surface area (Å²) in [4.78, 5) is 11.5. The summed E-state index contributed by atoms with van der Waals surface area (Å²) in [5.74, 6) is 1.23. The highest BCUT2D eigenvalue weighted by Crippen LogP contribution is 2.39. The monoisotopic (exact) mass is 304 g/mol. The zero-order valence-electron chi connectivity index (χ0n) is 12.7. The quantitative estimate of drug-likeness (QED) is 0.866. The number of hydrogen-bond donors (Lipinski definition) is 2. The molecule has 1 amide bonds. The van der Waals surface area contributed by atoms with Crippen LogP contribution in [0.3, 0.4) is 0 Å². The van der Waals surface area contributed by atoms with Gasteiger partial charge in [-0.2, -0.15) is 5.10 Å². The van der Waals surface area contributed by atoms with Crippen molar-refractivity contribution in [3.63, 3.8) is 0 Å². The predicted molar refractivity (Wildman–Crippen MR) is 82.0 cm³/mol. The topological polar surface area (TPSA) is 91.4 Å². The van der Waals surface area contributed by atoms with Crippen LogP contribution in [0, 0.1) is 0 Å². The van der Waals surface area contributed by atoms with Crippen LogP contribution < -0.4 is 20.5 Å². The van der Waals surface area contributed by atoms with E-state index < -0.39 is 0 Å². The maximum absolute atomic E-state index is 11.5. The molecule has 1 aliphatic heterocycles. The zero-order chi connectivity index (χ0) is 15.7. The Hall–Kier alpha value is -2.28. The fourth-order valence-electron chi connectivity index (χ4n) is 2.56. The van der Waals surface area contributed by atoms with E-state index in [4.69, 9.17) is 15.2 Å². The molecule has 2 atom stereocenters. The van der Waals surface area contributed by atoms with Crippen molar-refractivity contribution >= 4 is 16.8 Å². The lowest BCUT2D eigenvalue weighted by Gasteiger charge is -2.27. The average molecular weight is 304 g/mol. The van der Waals surface area contributed by atoms with Crippen LogP contribution in [0.1, 0.15) is 13.3 Å². The van der Waals surface area contributed by atoms with Crippen LogP contribution in [-0.2, 0) is 11.3 Å². The molecule has 1 aromatic carbocycles. The number of ether oxygens (including phenoxy) is 2. The van der Waals surface area contributed by atoms with Gasteiger partial charge in [-0.05, 0) is 19.1 Å². The maximum atomic E-state index is 11.5. The minimum Gasteiger partial charge on any atom is -0.486 e. The lowest BCUT2D eigenvalue weighted by Crippen LogP contribution is -2.34. The van der Waals surface area contributed by atoms with Crippen LogP contribution >= 0.6 is 0 Å². The molecule has 3 rings (SSSR count). The fourth-order valence-corrected chi connectivity index (χ4v) is 2.56. The standard InChI is InChI=1S/C15H20N4O3/c1-9(16)7-19-14-10(6-18-19)3-4-12-15(14)22-11(8-21-12)5-13(20)17-2/h3-4,6,9,11H,5,7-8,16H2,1-2H3,(H,17,20)/t9-,11-/m0/s1. The second-order valence-electron chi connectivity index (χ2n) is 5.56. The van der Waals surface area contributed by atoms with Gasteiger partial charge in [0.15, 0.2) is 11.5 Å². The van der Waals surface area contributed by atoms with Gasteiger partial charge in [0.05, 0.1) is 19.2 Å². The number of amides is 1. The summed E-state index contributed by atoms with van der Waals surface area (Å²) in [6, 6.07) is 3.79. The molecule has 0 aliphatic carbocycles. The van der Waals surface area contributed by atoms with Crippen LogP contribution in [0.25, 0.3) is 10.9 Å². The highest BCUT2D eigenvalue weighted by Gasteiger charge is 2.26. The normalized spacial score (nSPS) is 18.2. The van der Waals surface area contributed by atoms with Crippen molar-refractivity contribution < 1.29 is 14.3 Å². The summed E-state index contributed by atoms with van der Waals surface area (Å²) in [5.41, 5.74) is 6.73. The molecular weight excluding hydrogens is 284 g/mol. The SMILES string of the molecule is CNC(=O)C[C@H]1COc2ccc3cnn(C[C@H](C)N)c3c2O1. The van der Waals surface area contributed by atoms with Crippen molar-refractivity contribution in [1.29, 1.82) is 0 Å². The number of carbonyl (C=O) groups is 1. The highest BCUT2D eigenvalue weighted by atomic mass is 16.6. The molecule has 0 fully saturated rings. The average Bonchev–Trinajstić information content (AvgIpc) is 2.89. The molecule has 0 saturated heterocycles. The number of nitrogens with zero attached hydrogens (tertiary/aromatic N) is 2. The molecule has 0 bridgehead atoms. The number of hydrogen-bond acceptors (Lipinski definition) is 5. The van der Waals surface area contributed by atoms with Gasteiger partial charge >= 0.3 is 0 Å². The smallest absolute Gasteiger partial charge is 0.223 e. The van der Waals surface area contributed by atoms with E-state index in [0.29, 0.717) is 24.7 Å². The van der Waals surface area contributed by atoms with Gasteiger partial charge < -0.3 is 20.5 Å². The van der Waals surface area contributed by atoms with Crippen LogP contribution in [0.15, 0.2) is 18.3 Å². The third kappa shape index (κ3) is 2.71. The molecule has 0 radical (unpaired) electrons. The number of nitrogens with one attached hydrogen (secondary N) is 1. The van der Waals surface area contributed by atoms with E-state index in [-0.39, 0.29) is 24.5 Å². The van der Waals surface area contributed by atoms with Crippen LogP contribution in [0.5, 0.6) is 11.5 Å². The van der Waals surface area contributed by atoms with Crippen molar-refractivity contribution in [2.45, 2.75) is 32.0 Å². The van der Waals surface area contributed by atoms with E-state index in [0.717, 1.165) is 10.9 Å². The molecule has 1 aromatic heterocycles. The first kappa shape index (κ1) is 14.6. The number of aromatic nitrogens is 2. The first-order valence-corrected chi connectivity index (χ1v) is 7.32. The first-order valence-electron chi connectivity index (χ1n) is 7.32. The Labute approximate surface area is 128 Å². The highest BCUT2D eigenvalue weighted by molar-refractivity contribution is 5.87. The van der Waals surface area contributed by atoms with Gasteiger partial charge in [-0.3, -0.25) is 9.48 Å². The van der Waals surface area contributed by atoms with Gasteiger partial charge in [-0.25, -0.2) is 0 Å². The Morgan fingerprint density at radius 2 is 2.41 bits per heavy atom. The van der Waals surface area contributed by atoms with Gasteiger partial charge in [-0.15, -0.1) is 0 Å². The van der Waals surface area contributed by atoms with E-state index in [9.17, 15) is 4.79 Å². The number of rotatable bonds is 4. The summed E-state index contributed by atoms with van der Waals surface area (Å²) in [5, 5.41) is 7.93. The van der Waals surface area contributed by atoms with E-state index in [2.05, 4.69) is 10.4 Å². The predicted octanol–water partition coefficient (Wildman–Crippen LogP) is 0.659. The minimum atomic E-state index is -0.309. The van der Waals surface area contributed by atoms with Crippen LogP contribution in [-0.4, -0.2) is 41.5 Å². The summed E-state index contributed by atoms with van der Waals surface area (Å²) < 4.78 is 13.6. The van der Waals surface area contributed by atoms with E-state index >= 15 is 0 Å². The van der Waals surface area contributed by atoms with Crippen LogP contribution in [0.4, 0.5) is 0 Å². The molecule has 0 spiro atoms. The second-order valence-corrected chi connectivity index (χ2v) is 5.56. The van der Waals surface area contributed by atoms with Gasteiger partial charge in [-0.1, -0.05) is 0 Å². The number of benzene rings is 1. The van der Waals surface area contributed by atoms with Gasteiger partial charge in [0.25, 0.3) is 0 Å². The Bertz CT molecular complexity index is 695. The molecule has 1 aliphatic rings. The molecule has 2 heterocycles. The summed E-state index contributed by atoms with van der Waals surface area (Å²) in [6.45, 7) is 2.87. The summed E-state index contributed by atoms with van der Waals surface area (Å²) in [6.07, 6.45) is 1.73. The van der Waals surface area contributed by atoms with Crippen molar-refractivity contribution in [3.8, 4) is 11.5 Å². The number of nitrogens with two attached hydrogens (primary N) is 1.